The van der Waals surface area contributed by atoms with E-state index in [1.165, 1.54) is 0 Å². The van der Waals surface area contributed by atoms with Crippen LogP contribution in [0.15, 0.2) is 12.1 Å². The maximum atomic E-state index is 11.3. The number of rotatable bonds is 2. The lowest BCUT2D eigenvalue weighted by atomic mass is 10.2. The van der Waals surface area contributed by atoms with Crippen LogP contribution >= 0.6 is 12.2 Å². The molecule has 0 unspecified atom stereocenters. The van der Waals surface area contributed by atoms with Crippen molar-refractivity contribution in [2.45, 2.75) is 6.92 Å². The molecular formula is C11H15N3OS2. The molecule has 17 heavy (non-hydrogen) atoms. The molecule has 1 saturated heterocycles. The van der Waals surface area contributed by atoms with E-state index in [0.29, 0.717) is 16.5 Å². The van der Waals surface area contributed by atoms with Crippen LogP contribution in [0.4, 0.5) is 5.82 Å². The second-order valence-electron chi connectivity index (χ2n) is 4.02. The van der Waals surface area contributed by atoms with Crippen LogP contribution in [-0.2, 0) is 10.8 Å². The predicted molar refractivity (Wildman–Crippen MR) is 75.0 cm³/mol. The monoisotopic (exact) mass is 269 g/mol. The van der Waals surface area contributed by atoms with E-state index in [4.69, 9.17) is 18.0 Å². The van der Waals surface area contributed by atoms with Gasteiger partial charge in [-0.2, -0.15) is 0 Å². The topological polar surface area (TPSA) is 59.2 Å². The lowest BCUT2D eigenvalue weighted by Gasteiger charge is -2.29. The van der Waals surface area contributed by atoms with Crippen LogP contribution in [0.5, 0.6) is 0 Å². The first-order valence-corrected chi connectivity index (χ1v) is 7.35. The molecule has 1 fully saturated rings. The summed E-state index contributed by atoms with van der Waals surface area (Å²) in [6.07, 6.45) is 0. The first kappa shape index (κ1) is 12.4. The van der Waals surface area contributed by atoms with E-state index in [1.807, 2.05) is 19.1 Å². The number of nitrogens with two attached hydrogens (primary N) is 1. The number of aryl methyl sites for hydroxylation is 1. The molecule has 6 heteroatoms. The van der Waals surface area contributed by atoms with Gasteiger partial charge in [-0.15, -0.1) is 0 Å². The first-order chi connectivity index (χ1) is 8.08. The Kier molecular flexibility index (Phi) is 3.73. The van der Waals surface area contributed by atoms with E-state index in [-0.39, 0.29) is 0 Å². The summed E-state index contributed by atoms with van der Waals surface area (Å²) < 4.78 is 11.3. The Balaban J connectivity index is 2.33. The molecule has 0 amide bonds. The average molecular weight is 269 g/mol. The highest BCUT2D eigenvalue weighted by molar-refractivity contribution is 7.85. The molecule has 1 aromatic heterocycles. The van der Waals surface area contributed by atoms with Crippen LogP contribution in [0, 0.1) is 6.92 Å². The lowest BCUT2D eigenvalue weighted by molar-refractivity contribution is 0.672. The molecule has 1 aliphatic heterocycles. The summed E-state index contributed by atoms with van der Waals surface area (Å²) >= 11 is 5.04. The van der Waals surface area contributed by atoms with E-state index in [0.717, 1.165) is 30.2 Å². The summed E-state index contributed by atoms with van der Waals surface area (Å²) in [6.45, 7) is 3.44. The molecule has 1 aromatic rings. The second kappa shape index (κ2) is 5.10. The van der Waals surface area contributed by atoms with Crippen molar-refractivity contribution in [2.24, 2.45) is 5.73 Å². The van der Waals surface area contributed by atoms with Gasteiger partial charge in [-0.25, -0.2) is 4.98 Å². The third kappa shape index (κ3) is 2.81. The van der Waals surface area contributed by atoms with Crippen LogP contribution in [-0.4, -0.2) is 38.8 Å². The van der Waals surface area contributed by atoms with Crippen molar-refractivity contribution in [3.8, 4) is 0 Å². The number of hydrogen-bond donors (Lipinski definition) is 1. The van der Waals surface area contributed by atoms with Crippen molar-refractivity contribution in [3.05, 3.63) is 23.4 Å². The van der Waals surface area contributed by atoms with Crippen molar-refractivity contribution in [1.82, 2.24) is 4.98 Å². The van der Waals surface area contributed by atoms with Gasteiger partial charge in [0.2, 0.25) is 0 Å². The van der Waals surface area contributed by atoms with E-state index in [1.54, 1.807) is 0 Å². The molecule has 0 radical (unpaired) electrons. The zero-order valence-corrected chi connectivity index (χ0v) is 11.3. The molecule has 2 N–H and O–H groups in total. The van der Waals surface area contributed by atoms with E-state index >= 15 is 0 Å². The predicted octanol–water partition coefficient (Wildman–Crippen LogP) is 0.593. The normalized spacial score (nSPS) is 17.1. The van der Waals surface area contributed by atoms with Crippen molar-refractivity contribution < 1.29 is 4.21 Å². The Morgan fingerprint density at radius 1 is 1.47 bits per heavy atom. The number of anilines is 1. The van der Waals surface area contributed by atoms with Gasteiger partial charge in [-0.05, 0) is 19.1 Å². The molecule has 2 heterocycles. The Hall–Kier alpha value is -1.01. The number of aromatic nitrogens is 1. The van der Waals surface area contributed by atoms with E-state index in [2.05, 4.69) is 9.88 Å². The Morgan fingerprint density at radius 3 is 2.71 bits per heavy atom. The molecule has 0 atom stereocenters. The summed E-state index contributed by atoms with van der Waals surface area (Å²) in [5, 5.41) is 0. The zero-order chi connectivity index (χ0) is 12.4. The van der Waals surface area contributed by atoms with Crippen molar-refractivity contribution in [3.63, 3.8) is 0 Å². The highest BCUT2D eigenvalue weighted by Gasteiger charge is 2.20. The summed E-state index contributed by atoms with van der Waals surface area (Å²) in [4.78, 5) is 6.98. The number of hydrogen-bond acceptors (Lipinski definition) is 4. The van der Waals surface area contributed by atoms with Gasteiger partial charge >= 0.3 is 0 Å². The fourth-order valence-electron chi connectivity index (χ4n) is 1.83. The molecule has 1 aliphatic rings. The highest BCUT2D eigenvalue weighted by atomic mass is 32.2. The Labute approximate surface area is 109 Å². The maximum Gasteiger partial charge on any atom is 0.139 e. The average Bonchev–Trinajstić information content (AvgIpc) is 2.29. The molecule has 0 aromatic carbocycles. The molecule has 0 bridgehead atoms. The molecule has 0 aliphatic carbocycles. The zero-order valence-electron chi connectivity index (χ0n) is 9.68. The quantitative estimate of drug-likeness (QED) is 0.797. The van der Waals surface area contributed by atoms with Crippen LogP contribution in [0.2, 0.25) is 0 Å². The van der Waals surface area contributed by atoms with Crippen LogP contribution in [0.1, 0.15) is 11.3 Å². The Bertz CT molecular complexity index is 466. The van der Waals surface area contributed by atoms with Crippen LogP contribution in [0.25, 0.3) is 0 Å². The molecule has 4 nitrogen and oxygen atoms in total. The minimum Gasteiger partial charge on any atom is -0.389 e. The maximum absolute atomic E-state index is 11.3. The van der Waals surface area contributed by atoms with Gasteiger partial charge in [-0.3, -0.25) is 4.21 Å². The summed E-state index contributed by atoms with van der Waals surface area (Å²) in [6, 6.07) is 3.81. The van der Waals surface area contributed by atoms with Crippen molar-refractivity contribution in [2.75, 3.05) is 29.5 Å². The summed E-state index contributed by atoms with van der Waals surface area (Å²) in [5.74, 6) is 2.20. The molecule has 0 spiro atoms. The Morgan fingerprint density at radius 2 is 2.12 bits per heavy atom. The molecule has 92 valence electrons. The van der Waals surface area contributed by atoms with Crippen molar-refractivity contribution in [1.29, 1.82) is 0 Å². The summed E-state index contributed by atoms with van der Waals surface area (Å²) in [5.41, 5.74) is 7.44. The first-order valence-electron chi connectivity index (χ1n) is 5.45. The van der Waals surface area contributed by atoms with Gasteiger partial charge in [0.1, 0.15) is 10.8 Å². The second-order valence-corrected chi connectivity index (χ2v) is 6.16. The SMILES string of the molecule is Cc1ccc(C(N)=S)c(N2CCS(=O)CC2)n1. The van der Waals surface area contributed by atoms with Gasteiger partial charge in [0, 0.05) is 41.1 Å². The lowest BCUT2D eigenvalue weighted by Crippen LogP contribution is -2.39. The van der Waals surface area contributed by atoms with E-state index in [9.17, 15) is 4.21 Å². The third-order valence-electron chi connectivity index (χ3n) is 2.76. The number of pyridine rings is 1. The number of nitrogens with zero attached hydrogens (tertiary/aromatic N) is 2. The third-order valence-corrected chi connectivity index (χ3v) is 4.25. The van der Waals surface area contributed by atoms with Crippen molar-refractivity contribution >= 4 is 33.8 Å². The minimum atomic E-state index is -0.691. The van der Waals surface area contributed by atoms with Gasteiger partial charge in [0.25, 0.3) is 0 Å². The van der Waals surface area contributed by atoms with Gasteiger partial charge in [-0.1, -0.05) is 12.2 Å². The van der Waals surface area contributed by atoms with Gasteiger partial charge in [0.15, 0.2) is 0 Å². The number of thiocarbonyl (C=S) groups is 1. The smallest absolute Gasteiger partial charge is 0.139 e. The highest BCUT2D eigenvalue weighted by Crippen LogP contribution is 2.20. The fourth-order valence-corrected chi connectivity index (χ4v) is 3.04. The molecular weight excluding hydrogens is 254 g/mol. The molecule has 0 saturated carbocycles. The molecule has 2 rings (SSSR count). The van der Waals surface area contributed by atoms with Crippen LogP contribution < -0.4 is 10.6 Å². The van der Waals surface area contributed by atoms with Gasteiger partial charge < -0.3 is 10.6 Å². The minimum absolute atomic E-state index is 0.360. The summed E-state index contributed by atoms with van der Waals surface area (Å²) in [7, 11) is -0.691. The van der Waals surface area contributed by atoms with Crippen LogP contribution in [0.3, 0.4) is 0 Å². The van der Waals surface area contributed by atoms with E-state index < -0.39 is 10.8 Å². The fraction of sp³-hybridized carbons (Fsp3) is 0.455. The largest absolute Gasteiger partial charge is 0.389 e. The standard InChI is InChI=1S/C11H15N3OS2/c1-8-2-3-9(10(12)16)11(13-8)14-4-6-17(15)7-5-14/h2-3H,4-7H2,1H3,(H2,12,16). The van der Waals surface area contributed by atoms with Gasteiger partial charge in [0.05, 0.1) is 5.56 Å².